The third-order valence-electron chi connectivity index (χ3n) is 5.62. The summed E-state index contributed by atoms with van der Waals surface area (Å²) in [7, 11) is 1.49. The van der Waals surface area contributed by atoms with Crippen LogP contribution in [0.15, 0.2) is 12.2 Å². The minimum absolute atomic E-state index is 0.0492. The van der Waals surface area contributed by atoms with Crippen molar-refractivity contribution in [3.8, 4) is 0 Å². The molecule has 2 heteroatoms. The van der Waals surface area contributed by atoms with Crippen molar-refractivity contribution in [3.05, 3.63) is 12.2 Å². The smallest absolute Gasteiger partial charge is 0.305 e. The van der Waals surface area contributed by atoms with Gasteiger partial charge in [-0.15, -0.1) is 0 Å². The summed E-state index contributed by atoms with van der Waals surface area (Å²) in [6.45, 7) is 2.28. The maximum absolute atomic E-state index is 11.3. The summed E-state index contributed by atoms with van der Waals surface area (Å²) in [5, 5.41) is 0. The molecule has 0 saturated heterocycles. The van der Waals surface area contributed by atoms with Gasteiger partial charge in [-0.3, -0.25) is 4.79 Å². The number of ether oxygens (including phenoxy) is 1. The number of carbonyl (C=O) groups is 1. The second kappa shape index (κ2) is 8.60. The zero-order chi connectivity index (χ0) is 15.1. The summed E-state index contributed by atoms with van der Waals surface area (Å²) in [4.78, 5) is 11.3. The molecule has 2 aliphatic rings. The Morgan fingerprint density at radius 1 is 1.14 bits per heavy atom. The second-order valence-corrected chi connectivity index (χ2v) is 6.94. The van der Waals surface area contributed by atoms with Crippen LogP contribution in [0.5, 0.6) is 0 Å². The third-order valence-corrected chi connectivity index (χ3v) is 5.62. The summed E-state index contributed by atoms with van der Waals surface area (Å²) >= 11 is 0. The van der Waals surface area contributed by atoms with Crippen LogP contribution in [0.3, 0.4) is 0 Å². The van der Waals surface area contributed by atoms with Gasteiger partial charge in [0.05, 0.1) is 7.11 Å². The molecule has 2 rings (SSSR count). The lowest BCUT2D eigenvalue weighted by molar-refractivity contribution is -0.140. The maximum atomic E-state index is 11.3. The minimum Gasteiger partial charge on any atom is -0.469 e. The second-order valence-electron chi connectivity index (χ2n) is 6.94. The quantitative estimate of drug-likeness (QED) is 0.352. The molecule has 1 fully saturated rings. The van der Waals surface area contributed by atoms with Gasteiger partial charge < -0.3 is 4.74 Å². The number of hydrogen-bond acceptors (Lipinski definition) is 2. The Kier molecular flexibility index (Phi) is 6.79. The van der Waals surface area contributed by atoms with Gasteiger partial charge >= 0.3 is 5.97 Å². The maximum Gasteiger partial charge on any atom is 0.305 e. The highest BCUT2D eigenvalue weighted by Gasteiger charge is 2.38. The first-order valence-electron chi connectivity index (χ1n) is 9.01. The Hall–Kier alpha value is -0.790. The molecule has 4 atom stereocenters. The molecule has 1 saturated carbocycles. The van der Waals surface area contributed by atoms with E-state index in [1.54, 1.807) is 0 Å². The van der Waals surface area contributed by atoms with Gasteiger partial charge in [-0.2, -0.15) is 0 Å². The fourth-order valence-corrected chi connectivity index (χ4v) is 4.49. The lowest BCUT2D eigenvalue weighted by atomic mass is 9.68. The highest BCUT2D eigenvalue weighted by atomic mass is 16.5. The molecule has 0 bridgehead atoms. The van der Waals surface area contributed by atoms with Gasteiger partial charge in [0.1, 0.15) is 0 Å². The summed E-state index contributed by atoms with van der Waals surface area (Å²) < 4.78 is 4.78. The fraction of sp³-hybridized carbons (Fsp3) is 0.842. The molecule has 2 nitrogen and oxygen atoms in total. The van der Waals surface area contributed by atoms with Crippen molar-refractivity contribution in [1.29, 1.82) is 0 Å². The van der Waals surface area contributed by atoms with E-state index in [-0.39, 0.29) is 5.97 Å². The first-order valence-corrected chi connectivity index (χ1v) is 9.01. The predicted molar refractivity (Wildman–Crippen MR) is 87.0 cm³/mol. The molecular weight excluding hydrogens is 260 g/mol. The predicted octanol–water partition coefficient (Wildman–Crippen LogP) is 5.13. The van der Waals surface area contributed by atoms with E-state index in [4.69, 9.17) is 4.74 Å². The van der Waals surface area contributed by atoms with E-state index < -0.39 is 0 Å². The van der Waals surface area contributed by atoms with Crippen molar-refractivity contribution in [2.45, 2.75) is 71.1 Å². The molecule has 0 radical (unpaired) electrons. The van der Waals surface area contributed by atoms with E-state index in [0.717, 1.165) is 30.1 Å². The highest BCUT2D eigenvalue weighted by Crippen LogP contribution is 2.47. The molecular formula is C19H32O2. The van der Waals surface area contributed by atoms with Crippen molar-refractivity contribution in [2.75, 3.05) is 7.11 Å². The Labute approximate surface area is 130 Å². The van der Waals surface area contributed by atoms with E-state index in [0.29, 0.717) is 6.42 Å². The minimum atomic E-state index is -0.0492. The van der Waals surface area contributed by atoms with Crippen LogP contribution in [-0.4, -0.2) is 13.1 Å². The highest BCUT2D eigenvalue weighted by molar-refractivity contribution is 5.68. The number of unbranched alkanes of at least 4 members (excludes halogenated alkanes) is 2. The summed E-state index contributed by atoms with van der Waals surface area (Å²) in [5.41, 5.74) is 0. The third kappa shape index (κ3) is 4.59. The molecule has 4 unspecified atom stereocenters. The molecule has 0 aromatic rings. The Bertz CT molecular complexity index is 347. The Balaban J connectivity index is 1.90. The van der Waals surface area contributed by atoms with Gasteiger partial charge in [0, 0.05) is 6.42 Å². The molecule has 0 aromatic heterocycles. The Morgan fingerprint density at radius 2 is 2.00 bits per heavy atom. The number of methoxy groups -OCH3 is 1. The van der Waals surface area contributed by atoms with Crippen molar-refractivity contribution in [3.63, 3.8) is 0 Å². The topological polar surface area (TPSA) is 26.3 Å². The van der Waals surface area contributed by atoms with Crippen LogP contribution < -0.4 is 0 Å². The molecule has 0 amide bonds. The van der Waals surface area contributed by atoms with Crippen molar-refractivity contribution in [1.82, 2.24) is 0 Å². The number of rotatable bonds is 8. The SMILES string of the molecule is CCCCCC1C=CC2CCCC2C1CCCC(=O)OC. The number of fused-ring (bicyclic) bond motifs is 1. The molecule has 0 spiro atoms. The van der Waals surface area contributed by atoms with Crippen LogP contribution in [0.2, 0.25) is 0 Å². The van der Waals surface area contributed by atoms with Gasteiger partial charge in [0.25, 0.3) is 0 Å². The average Bonchev–Trinajstić information content (AvgIpc) is 2.97. The normalized spacial score (nSPS) is 31.1. The van der Waals surface area contributed by atoms with E-state index in [1.807, 2.05) is 0 Å². The van der Waals surface area contributed by atoms with Gasteiger partial charge in [-0.05, 0) is 55.8 Å². The zero-order valence-corrected chi connectivity index (χ0v) is 13.9. The van der Waals surface area contributed by atoms with E-state index in [9.17, 15) is 4.79 Å². The molecule has 0 aliphatic heterocycles. The number of esters is 1. The van der Waals surface area contributed by atoms with Gasteiger partial charge in [0.15, 0.2) is 0 Å². The summed E-state index contributed by atoms with van der Waals surface area (Å²) in [5.74, 6) is 3.24. The van der Waals surface area contributed by atoms with Gasteiger partial charge in [0.2, 0.25) is 0 Å². The molecule has 2 aliphatic carbocycles. The van der Waals surface area contributed by atoms with Crippen molar-refractivity contribution in [2.24, 2.45) is 23.7 Å². The number of carbonyl (C=O) groups excluding carboxylic acids is 1. The van der Waals surface area contributed by atoms with Crippen LogP contribution in [0.4, 0.5) is 0 Å². The van der Waals surface area contributed by atoms with Crippen LogP contribution in [-0.2, 0) is 9.53 Å². The van der Waals surface area contributed by atoms with Crippen LogP contribution >= 0.6 is 0 Å². The summed E-state index contributed by atoms with van der Waals surface area (Å²) in [6, 6.07) is 0. The lowest BCUT2D eigenvalue weighted by Crippen LogP contribution is -2.28. The van der Waals surface area contributed by atoms with Crippen LogP contribution in [0, 0.1) is 23.7 Å². The Morgan fingerprint density at radius 3 is 2.76 bits per heavy atom. The van der Waals surface area contributed by atoms with E-state index >= 15 is 0 Å². The summed E-state index contributed by atoms with van der Waals surface area (Å²) in [6.07, 6.45) is 17.4. The molecule has 120 valence electrons. The standard InChI is InChI=1S/C19H32O2/c1-3-4-5-8-15-13-14-16-9-6-10-17(16)18(15)11-7-12-19(20)21-2/h13-18H,3-12H2,1-2H3. The van der Waals surface area contributed by atoms with Gasteiger partial charge in [-0.1, -0.05) is 44.8 Å². The number of hydrogen-bond donors (Lipinski definition) is 0. The van der Waals surface area contributed by atoms with Crippen LogP contribution in [0.25, 0.3) is 0 Å². The first kappa shape index (κ1) is 16.6. The lowest BCUT2D eigenvalue weighted by Gasteiger charge is -2.37. The average molecular weight is 292 g/mol. The number of allylic oxidation sites excluding steroid dienone is 2. The molecule has 0 heterocycles. The van der Waals surface area contributed by atoms with Crippen molar-refractivity contribution < 1.29 is 9.53 Å². The monoisotopic (exact) mass is 292 g/mol. The van der Waals surface area contributed by atoms with E-state index in [2.05, 4.69) is 19.1 Å². The molecule has 0 N–H and O–H groups in total. The molecule has 0 aromatic carbocycles. The van der Waals surface area contributed by atoms with Crippen LogP contribution in [0.1, 0.15) is 71.1 Å². The largest absolute Gasteiger partial charge is 0.469 e. The van der Waals surface area contributed by atoms with E-state index in [1.165, 1.54) is 58.5 Å². The van der Waals surface area contributed by atoms with Gasteiger partial charge in [-0.25, -0.2) is 0 Å². The fourth-order valence-electron chi connectivity index (χ4n) is 4.49. The molecule has 21 heavy (non-hydrogen) atoms. The zero-order valence-electron chi connectivity index (χ0n) is 13.9. The van der Waals surface area contributed by atoms with Crippen molar-refractivity contribution >= 4 is 5.97 Å². The first-order chi connectivity index (χ1) is 10.3.